The van der Waals surface area contributed by atoms with E-state index in [-0.39, 0.29) is 11.8 Å². The molecule has 0 bridgehead atoms. The molecule has 0 radical (unpaired) electrons. The Bertz CT molecular complexity index is 582. The minimum atomic E-state index is -0.574. The standard InChI is InChI=1S/C20H27NO3/c1-2-24-19(23)17-11-8-13-20(18(17)22)12-6-7-14-21(20)15-16-9-4-3-5-10-16/h3-5,9-10,17H,2,6-8,11-15H2,1H3. The van der Waals surface area contributed by atoms with Crippen molar-refractivity contribution in [2.45, 2.75) is 57.5 Å². The van der Waals surface area contributed by atoms with Gasteiger partial charge in [0.2, 0.25) is 0 Å². The molecule has 4 nitrogen and oxygen atoms in total. The van der Waals surface area contributed by atoms with Gasteiger partial charge in [0.1, 0.15) is 5.92 Å². The summed E-state index contributed by atoms with van der Waals surface area (Å²) in [5, 5.41) is 0. The van der Waals surface area contributed by atoms with E-state index in [2.05, 4.69) is 17.0 Å². The molecule has 2 atom stereocenters. The highest BCUT2D eigenvalue weighted by Crippen LogP contribution is 2.41. The van der Waals surface area contributed by atoms with Crippen LogP contribution in [-0.2, 0) is 20.9 Å². The van der Waals surface area contributed by atoms with Crippen molar-refractivity contribution in [3.05, 3.63) is 35.9 Å². The van der Waals surface area contributed by atoms with Crippen molar-refractivity contribution in [3.63, 3.8) is 0 Å². The summed E-state index contributed by atoms with van der Waals surface area (Å²) in [5.41, 5.74) is 0.758. The summed E-state index contributed by atoms with van der Waals surface area (Å²) in [6, 6.07) is 10.3. The fourth-order valence-corrected chi connectivity index (χ4v) is 4.33. The molecule has 4 heteroatoms. The molecule has 1 saturated carbocycles. The minimum absolute atomic E-state index is 0.0998. The number of ether oxygens (including phenoxy) is 1. The van der Waals surface area contributed by atoms with Crippen LogP contribution in [0.1, 0.15) is 51.0 Å². The molecule has 1 heterocycles. The lowest BCUT2D eigenvalue weighted by Crippen LogP contribution is -2.61. The zero-order valence-corrected chi connectivity index (χ0v) is 14.5. The summed E-state index contributed by atoms with van der Waals surface area (Å²) in [7, 11) is 0. The number of hydrogen-bond acceptors (Lipinski definition) is 4. The number of carbonyl (C=O) groups is 2. The molecule has 3 rings (SSSR count). The fraction of sp³-hybridized carbons (Fsp3) is 0.600. The van der Waals surface area contributed by atoms with Gasteiger partial charge in [0.15, 0.2) is 5.78 Å². The third-order valence-corrected chi connectivity index (χ3v) is 5.52. The van der Waals surface area contributed by atoms with Gasteiger partial charge in [-0.15, -0.1) is 0 Å². The lowest BCUT2D eigenvalue weighted by Gasteiger charge is -2.49. The van der Waals surface area contributed by atoms with Gasteiger partial charge in [0.05, 0.1) is 12.1 Å². The lowest BCUT2D eigenvalue weighted by molar-refractivity contribution is -0.159. The molecule has 2 fully saturated rings. The van der Waals surface area contributed by atoms with Gasteiger partial charge in [0, 0.05) is 6.54 Å². The molecule has 1 aliphatic carbocycles. The first-order chi connectivity index (χ1) is 11.7. The number of benzene rings is 1. The van der Waals surface area contributed by atoms with E-state index in [9.17, 15) is 9.59 Å². The molecule has 1 aromatic carbocycles. The molecule has 1 aliphatic heterocycles. The van der Waals surface area contributed by atoms with Gasteiger partial charge in [-0.2, -0.15) is 0 Å². The van der Waals surface area contributed by atoms with Crippen LogP contribution in [0.4, 0.5) is 0 Å². The van der Waals surface area contributed by atoms with Crippen molar-refractivity contribution < 1.29 is 14.3 Å². The van der Waals surface area contributed by atoms with Crippen LogP contribution >= 0.6 is 0 Å². The van der Waals surface area contributed by atoms with Gasteiger partial charge in [-0.1, -0.05) is 30.3 Å². The maximum atomic E-state index is 13.3. The Labute approximate surface area is 144 Å². The monoisotopic (exact) mass is 329 g/mol. The van der Waals surface area contributed by atoms with Crippen LogP contribution in [0.25, 0.3) is 0 Å². The number of nitrogens with zero attached hydrogens (tertiary/aromatic N) is 1. The van der Waals surface area contributed by atoms with Crippen molar-refractivity contribution in [1.82, 2.24) is 4.90 Å². The first-order valence-corrected chi connectivity index (χ1v) is 9.17. The van der Waals surface area contributed by atoms with Crippen LogP contribution in [0.3, 0.4) is 0 Å². The first-order valence-electron chi connectivity index (χ1n) is 9.17. The highest BCUT2D eigenvalue weighted by atomic mass is 16.5. The van der Waals surface area contributed by atoms with Gasteiger partial charge in [-0.3, -0.25) is 14.5 Å². The second-order valence-corrected chi connectivity index (χ2v) is 6.96. The second kappa shape index (κ2) is 7.47. The number of hydrogen-bond donors (Lipinski definition) is 0. The molecular weight excluding hydrogens is 302 g/mol. The first kappa shape index (κ1) is 17.2. The Morgan fingerprint density at radius 2 is 1.96 bits per heavy atom. The number of piperidine rings is 1. The smallest absolute Gasteiger partial charge is 0.316 e. The van der Waals surface area contributed by atoms with Crippen LogP contribution in [-0.4, -0.2) is 35.3 Å². The third-order valence-electron chi connectivity index (χ3n) is 5.52. The normalized spacial score (nSPS) is 28.0. The van der Waals surface area contributed by atoms with Crippen molar-refractivity contribution in [2.75, 3.05) is 13.2 Å². The van der Waals surface area contributed by atoms with E-state index < -0.39 is 11.5 Å². The average Bonchev–Trinajstić information content (AvgIpc) is 2.60. The van der Waals surface area contributed by atoms with Gasteiger partial charge in [-0.25, -0.2) is 0 Å². The maximum Gasteiger partial charge on any atom is 0.316 e. The molecule has 0 N–H and O–H groups in total. The molecule has 130 valence electrons. The van der Waals surface area contributed by atoms with Crippen molar-refractivity contribution in [2.24, 2.45) is 5.92 Å². The molecule has 0 aromatic heterocycles. The van der Waals surface area contributed by atoms with E-state index in [0.717, 1.165) is 45.2 Å². The number of Topliss-reactive ketones (excluding diaryl/α,β-unsaturated/α-hetero) is 1. The molecule has 1 aromatic rings. The third kappa shape index (κ3) is 3.25. The Balaban J connectivity index is 1.84. The van der Waals surface area contributed by atoms with E-state index in [1.807, 2.05) is 18.2 Å². The van der Waals surface area contributed by atoms with Crippen LogP contribution < -0.4 is 0 Å². The van der Waals surface area contributed by atoms with Gasteiger partial charge >= 0.3 is 5.97 Å². The number of likely N-dealkylation sites (tertiary alicyclic amines) is 1. The second-order valence-electron chi connectivity index (χ2n) is 6.96. The summed E-state index contributed by atoms with van der Waals surface area (Å²) in [6.45, 7) is 3.84. The summed E-state index contributed by atoms with van der Waals surface area (Å²) < 4.78 is 5.16. The van der Waals surface area contributed by atoms with E-state index in [0.29, 0.717) is 13.0 Å². The molecule has 1 saturated heterocycles. The topological polar surface area (TPSA) is 46.6 Å². The Morgan fingerprint density at radius 3 is 2.71 bits per heavy atom. The zero-order chi connectivity index (χ0) is 17.0. The number of carbonyl (C=O) groups excluding carboxylic acids is 2. The Morgan fingerprint density at radius 1 is 1.21 bits per heavy atom. The molecule has 2 unspecified atom stereocenters. The predicted octanol–water partition coefficient (Wildman–Crippen LogP) is 3.34. The van der Waals surface area contributed by atoms with E-state index in [1.165, 1.54) is 5.56 Å². The molecule has 2 aliphatic rings. The maximum absolute atomic E-state index is 13.3. The summed E-state index contributed by atoms with van der Waals surface area (Å²) in [5.74, 6) is -0.801. The number of ketones is 1. The van der Waals surface area contributed by atoms with Crippen LogP contribution in [0.5, 0.6) is 0 Å². The van der Waals surface area contributed by atoms with Gasteiger partial charge < -0.3 is 4.74 Å². The summed E-state index contributed by atoms with van der Waals surface area (Å²) in [4.78, 5) is 27.8. The summed E-state index contributed by atoms with van der Waals surface area (Å²) in [6.07, 6.45) is 5.47. The van der Waals surface area contributed by atoms with Crippen molar-refractivity contribution >= 4 is 11.8 Å². The van der Waals surface area contributed by atoms with Gasteiger partial charge in [-0.05, 0) is 57.6 Å². The summed E-state index contributed by atoms with van der Waals surface area (Å²) >= 11 is 0. The highest BCUT2D eigenvalue weighted by Gasteiger charge is 2.51. The van der Waals surface area contributed by atoms with E-state index >= 15 is 0 Å². The lowest BCUT2D eigenvalue weighted by atomic mass is 9.69. The average molecular weight is 329 g/mol. The minimum Gasteiger partial charge on any atom is -0.465 e. The largest absolute Gasteiger partial charge is 0.465 e. The predicted molar refractivity (Wildman–Crippen MR) is 92.4 cm³/mol. The highest BCUT2D eigenvalue weighted by molar-refractivity contribution is 6.04. The van der Waals surface area contributed by atoms with E-state index in [4.69, 9.17) is 4.74 Å². The van der Waals surface area contributed by atoms with Crippen LogP contribution in [0, 0.1) is 5.92 Å². The van der Waals surface area contributed by atoms with Gasteiger partial charge in [0.25, 0.3) is 0 Å². The van der Waals surface area contributed by atoms with Crippen molar-refractivity contribution in [1.29, 1.82) is 0 Å². The molecule has 1 spiro atoms. The number of esters is 1. The molecular formula is C20H27NO3. The Kier molecular flexibility index (Phi) is 5.34. The Hall–Kier alpha value is -1.68. The quantitative estimate of drug-likeness (QED) is 0.628. The molecule has 0 amide bonds. The van der Waals surface area contributed by atoms with E-state index in [1.54, 1.807) is 6.92 Å². The SMILES string of the molecule is CCOC(=O)C1CCCC2(CCCCN2Cc2ccccc2)C1=O. The fourth-order valence-electron chi connectivity index (χ4n) is 4.33. The number of rotatable bonds is 4. The van der Waals surface area contributed by atoms with Crippen LogP contribution in [0.15, 0.2) is 30.3 Å². The zero-order valence-electron chi connectivity index (χ0n) is 14.5. The van der Waals surface area contributed by atoms with Crippen LogP contribution in [0.2, 0.25) is 0 Å². The van der Waals surface area contributed by atoms with Crippen molar-refractivity contribution in [3.8, 4) is 0 Å². The molecule has 24 heavy (non-hydrogen) atoms.